The molecular weight excluding hydrogens is 369 g/mol. The second-order valence-electron chi connectivity index (χ2n) is 6.86. The summed E-state index contributed by atoms with van der Waals surface area (Å²) in [6.07, 6.45) is 8.65. The van der Waals surface area contributed by atoms with Crippen molar-refractivity contribution in [1.82, 2.24) is 10.2 Å². The van der Waals surface area contributed by atoms with E-state index < -0.39 is 0 Å². The Kier molecular flexibility index (Phi) is 14.8. The van der Waals surface area contributed by atoms with Crippen LogP contribution in [0.5, 0.6) is 0 Å². The Balaban J connectivity index is 0.00000312. The summed E-state index contributed by atoms with van der Waals surface area (Å²) in [6.45, 7) is 3.66. The summed E-state index contributed by atoms with van der Waals surface area (Å²) in [6, 6.07) is 11.1. The Morgan fingerprint density at radius 3 is 2.54 bits per heavy atom. The molecule has 0 aromatic heterocycles. The third-order valence-electron chi connectivity index (χ3n) is 4.87. The number of nitrogens with two attached hydrogens (primary N) is 1. The maximum atomic E-state index is 12.0. The lowest BCUT2D eigenvalue weighted by Crippen LogP contribution is -2.46. The fourth-order valence-electron chi connectivity index (χ4n) is 3.42. The van der Waals surface area contributed by atoms with E-state index in [2.05, 4.69) is 40.5 Å². The van der Waals surface area contributed by atoms with Gasteiger partial charge in [0, 0.05) is 25.6 Å². The number of nitrogens with one attached hydrogen (secondary N) is 1. The Morgan fingerprint density at radius 2 is 1.81 bits per heavy atom. The highest BCUT2D eigenvalue weighted by atomic mass is 35.5. The van der Waals surface area contributed by atoms with E-state index in [0.29, 0.717) is 12.5 Å². The molecule has 1 aromatic carbocycles. The lowest BCUT2D eigenvalue weighted by molar-refractivity contribution is -0.121. The molecule has 1 fully saturated rings. The number of likely N-dealkylation sites (tertiary alicyclic amines) is 1. The van der Waals surface area contributed by atoms with Crippen LogP contribution in [-0.4, -0.2) is 36.5 Å². The highest BCUT2D eigenvalue weighted by Crippen LogP contribution is 2.19. The lowest BCUT2D eigenvalue weighted by atomic mass is 10.0. The van der Waals surface area contributed by atoms with Gasteiger partial charge in [-0.1, -0.05) is 49.6 Å². The van der Waals surface area contributed by atoms with Gasteiger partial charge in [-0.2, -0.15) is 0 Å². The number of carbonyl (C=O) groups excluding carboxylic acids is 1. The van der Waals surface area contributed by atoms with Crippen molar-refractivity contribution in [2.45, 2.75) is 64.0 Å². The van der Waals surface area contributed by atoms with Gasteiger partial charge in [-0.15, -0.1) is 24.8 Å². The molecule has 1 atom stereocenters. The average Bonchev–Trinajstić information content (AvgIpc) is 2.62. The van der Waals surface area contributed by atoms with Gasteiger partial charge in [-0.3, -0.25) is 9.69 Å². The standard InChI is InChI=1S/C20H33N3O.2ClH/c21-14-8-2-1-6-13-20(24)22-16-19-12-7-9-15-23(19)17-18-10-4-3-5-11-18;;/h3-5,10-11,19H,1-2,6-9,12-17,21H2,(H,22,24);2*1H. The minimum Gasteiger partial charge on any atom is -0.355 e. The SMILES string of the molecule is Cl.Cl.NCCCCCCC(=O)NCC1CCCCN1Cc1ccccc1. The number of nitrogens with zero attached hydrogens (tertiary/aromatic N) is 1. The van der Waals surface area contributed by atoms with E-state index in [9.17, 15) is 4.79 Å². The van der Waals surface area contributed by atoms with E-state index in [4.69, 9.17) is 5.73 Å². The number of halogens is 2. The number of hydrogen-bond acceptors (Lipinski definition) is 3. The van der Waals surface area contributed by atoms with Crippen LogP contribution in [0.3, 0.4) is 0 Å². The van der Waals surface area contributed by atoms with Crippen LogP contribution in [0.15, 0.2) is 30.3 Å². The summed E-state index contributed by atoms with van der Waals surface area (Å²) in [5.41, 5.74) is 6.84. The van der Waals surface area contributed by atoms with Gasteiger partial charge in [0.05, 0.1) is 0 Å². The molecular formula is C20H35Cl2N3O. The van der Waals surface area contributed by atoms with Crippen molar-refractivity contribution in [2.75, 3.05) is 19.6 Å². The predicted octanol–water partition coefficient (Wildman–Crippen LogP) is 3.91. The number of rotatable bonds is 10. The number of benzene rings is 1. The van der Waals surface area contributed by atoms with Crippen molar-refractivity contribution in [3.63, 3.8) is 0 Å². The molecule has 1 aromatic rings. The predicted molar refractivity (Wildman–Crippen MR) is 114 cm³/mol. The minimum absolute atomic E-state index is 0. The average molecular weight is 404 g/mol. The van der Waals surface area contributed by atoms with Gasteiger partial charge in [0.25, 0.3) is 0 Å². The molecule has 1 aliphatic rings. The van der Waals surface area contributed by atoms with E-state index in [0.717, 1.165) is 51.9 Å². The van der Waals surface area contributed by atoms with Gasteiger partial charge >= 0.3 is 0 Å². The zero-order chi connectivity index (χ0) is 17.0. The molecule has 4 nitrogen and oxygen atoms in total. The number of carbonyl (C=O) groups is 1. The van der Waals surface area contributed by atoms with E-state index in [1.54, 1.807) is 0 Å². The number of piperidine rings is 1. The minimum atomic E-state index is 0. The topological polar surface area (TPSA) is 58.4 Å². The molecule has 26 heavy (non-hydrogen) atoms. The van der Waals surface area contributed by atoms with Gasteiger partial charge < -0.3 is 11.1 Å². The number of hydrogen-bond donors (Lipinski definition) is 2. The number of unbranched alkanes of at least 4 members (excludes halogenated alkanes) is 3. The first-order valence-electron chi connectivity index (χ1n) is 9.54. The normalized spacial score (nSPS) is 17.0. The molecule has 150 valence electrons. The van der Waals surface area contributed by atoms with E-state index in [1.807, 2.05) is 0 Å². The molecule has 1 heterocycles. The van der Waals surface area contributed by atoms with Crippen molar-refractivity contribution in [1.29, 1.82) is 0 Å². The molecule has 0 aliphatic carbocycles. The smallest absolute Gasteiger partial charge is 0.220 e. The second kappa shape index (κ2) is 15.3. The van der Waals surface area contributed by atoms with Crippen LogP contribution >= 0.6 is 24.8 Å². The molecule has 1 saturated heterocycles. The molecule has 0 bridgehead atoms. The third kappa shape index (κ3) is 9.77. The van der Waals surface area contributed by atoms with Crippen molar-refractivity contribution in [3.05, 3.63) is 35.9 Å². The van der Waals surface area contributed by atoms with Crippen molar-refractivity contribution >= 4 is 30.7 Å². The van der Waals surface area contributed by atoms with E-state index in [-0.39, 0.29) is 30.7 Å². The summed E-state index contributed by atoms with van der Waals surface area (Å²) in [5.74, 6) is 0.202. The summed E-state index contributed by atoms with van der Waals surface area (Å²) >= 11 is 0. The molecule has 0 spiro atoms. The lowest BCUT2D eigenvalue weighted by Gasteiger charge is -2.36. The summed E-state index contributed by atoms with van der Waals surface area (Å²) < 4.78 is 0. The first kappa shape index (κ1) is 25.2. The highest BCUT2D eigenvalue weighted by Gasteiger charge is 2.22. The second-order valence-corrected chi connectivity index (χ2v) is 6.86. The maximum absolute atomic E-state index is 12.0. The van der Waals surface area contributed by atoms with Crippen molar-refractivity contribution < 1.29 is 4.79 Å². The van der Waals surface area contributed by atoms with Gasteiger partial charge in [0.1, 0.15) is 0 Å². The molecule has 1 unspecified atom stereocenters. The van der Waals surface area contributed by atoms with Gasteiger partial charge in [-0.05, 0) is 44.3 Å². The Morgan fingerprint density at radius 1 is 1.08 bits per heavy atom. The Hall–Kier alpha value is -0.810. The first-order chi connectivity index (χ1) is 11.8. The van der Waals surface area contributed by atoms with Crippen LogP contribution in [-0.2, 0) is 11.3 Å². The van der Waals surface area contributed by atoms with Gasteiger partial charge in [-0.25, -0.2) is 0 Å². The fraction of sp³-hybridized carbons (Fsp3) is 0.650. The van der Waals surface area contributed by atoms with E-state index in [1.165, 1.54) is 24.8 Å². The zero-order valence-corrected chi connectivity index (χ0v) is 17.3. The fourth-order valence-corrected chi connectivity index (χ4v) is 3.42. The zero-order valence-electron chi connectivity index (χ0n) is 15.7. The van der Waals surface area contributed by atoms with Crippen LogP contribution in [0.2, 0.25) is 0 Å². The third-order valence-corrected chi connectivity index (χ3v) is 4.87. The summed E-state index contributed by atoms with van der Waals surface area (Å²) in [5, 5.41) is 3.15. The maximum Gasteiger partial charge on any atom is 0.220 e. The van der Waals surface area contributed by atoms with Crippen molar-refractivity contribution in [2.24, 2.45) is 5.73 Å². The van der Waals surface area contributed by atoms with Crippen LogP contribution in [0.1, 0.15) is 56.9 Å². The highest BCUT2D eigenvalue weighted by molar-refractivity contribution is 5.85. The molecule has 0 radical (unpaired) electrons. The van der Waals surface area contributed by atoms with Crippen LogP contribution in [0.4, 0.5) is 0 Å². The summed E-state index contributed by atoms with van der Waals surface area (Å²) in [4.78, 5) is 14.6. The quantitative estimate of drug-likeness (QED) is 0.582. The largest absolute Gasteiger partial charge is 0.355 e. The Bertz CT molecular complexity index is 473. The molecule has 2 rings (SSSR count). The molecule has 1 amide bonds. The molecule has 1 aliphatic heterocycles. The van der Waals surface area contributed by atoms with Crippen LogP contribution in [0, 0.1) is 0 Å². The van der Waals surface area contributed by atoms with Gasteiger partial charge in [0.2, 0.25) is 5.91 Å². The first-order valence-corrected chi connectivity index (χ1v) is 9.54. The van der Waals surface area contributed by atoms with Crippen LogP contribution < -0.4 is 11.1 Å². The summed E-state index contributed by atoms with van der Waals surface area (Å²) in [7, 11) is 0. The van der Waals surface area contributed by atoms with Crippen LogP contribution in [0.25, 0.3) is 0 Å². The molecule has 6 heteroatoms. The van der Waals surface area contributed by atoms with Gasteiger partial charge in [0.15, 0.2) is 0 Å². The van der Waals surface area contributed by atoms with E-state index >= 15 is 0 Å². The van der Waals surface area contributed by atoms with Crippen molar-refractivity contribution in [3.8, 4) is 0 Å². The Labute approximate surface area is 171 Å². The molecule has 3 N–H and O–H groups in total. The monoisotopic (exact) mass is 403 g/mol. The molecule has 0 saturated carbocycles. The number of amides is 1.